The average Bonchev–Trinajstić information content (AvgIpc) is 2.69. The van der Waals surface area contributed by atoms with Crippen molar-refractivity contribution in [3.8, 4) is 0 Å². The van der Waals surface area contributed by atoms with E-state index >= 15 is 0 Å². The topological polar surface area (TPSA) is 70.9 Å². The molecule has 1 aliphatic rings. The second-order valence-electron chi connectivity index (χ2n) is 7.76. The summed E-state index contributed by atoms with van der Waals surface area (Å²) < 4.78 is 27.1. The first-order valence-electron chi connectivity index (χ1n) is 10.1. The number of benzene rings is 2. The molecule has 0 atom stereocenters. The van der Waals surface area contributed by atoms with Crippen LogP contribution in [0.15, 0.2) is 53.4 Å². The third kappa shape index (κ3) is 6.13. The molecule has 29 heavy (non-hydrogen) atoms. The number of nitrogens with one attached hydrogen (secondary N) is 2. The molecule has 0 bridgehead atoms. The molecule has 0 aliphatic carbocycles. The number of carbonyl (C=O) groups is 1. The highest BCUT2D eigenvalue weighted by atomic mass is 32.2. The fourth-order valence-electron chi connectivity index (χ4n) is 3.61. The van der Waals surface area contributed by atoms with E-state index in [1.54, 1.807) is 24.3 Å². The van der Waals surface area contributed by atoms with Gasteiger partial charge in [0.25, 0.3) is 0 Å². The van der Waals surface area contributed by atoms with E-state index in [1.165, 1.54) is 16.0 Å². The van der Waals surface area contributed by atoms with Crippen LogP contribution in [0.3, 0.4) is 0 Å². The predicted octanol–water partition coefficient (Wildman–Crippen LogP) is 0.899. The van der Waals surface area contributed by atoms with Crippen LogP contribution in [0.2, 0.25) is 0 Å². The Labute approximate surface area is 173 Å². The molecular formula is C22H30N3O3S+. The lowest BCUT2D eigenvalue weighted by molar-refractivity contribution is -0.917. The summed E-state index contributed by atoms with van der Waals surface area (Å²) in [7, 11) is -3.58. The summed E-state index contributed by atoms with van der Waals surface area (Å²) in [6, 6.07) is 15.2. The zero-order chi connectivity index (χ0) is 20.9. The minimum Gasteiger partial charge on any atom is -0.331 e. The fourth-order valence-corrected chi connectivity index (χ4v) is 4.64. The second kappa shape index (κ2) is 9.52. The van der Waals surface area contributed by atoms with Crippen molar-refractivity contribution in [2.24, 2.45) is 0 Å². The van der Waals surface area contributed by atoms with E-state index in [2.05, 4.69) is 35.9 Å². The van der Waals surface area contributed by atoms with E-state index in [0.717, 1.165) is 25.2 Å². The van der Waals surface area contributed by atoms with Crippen LogP contribution >= 0.6 is 0 Å². The third-order valence-electron chi connectivity index (χ3n) is 5.32. The molecule has 6 nitrogen and oxygen atoms in total. The van der Waals surface area contributed by atoms with Crippen LogP contribution in [-0.4, -0.2) is 51.9 Å². The molecule has 0 radical (unpaired) electrons. The zero-order valence-electron chi connectivity index (χ0n) is 17.1. The molecule has 2 N–H and O–H groups in total. The van der Waals surface area contributed by atoms with Gasteiger partial charge in [-0.1, -0.05) is 47.5 Å². The van der Waals surface area contributed by atoms with Crippen LogP contribution in [-0.2, 0) is 21.4 Å². The van der Waals surface area contributed by atoms with Crippen LogP contribution in [0.1, 0.15) is 23.1 Å². The molecule has 1 saturated heterocycles. The smallest absolute Gasteiger partial charge is 0.240 e. The summed E-state index contributed by atoms with van der Waals surface area (Å²) in [5.74, 6) is 0.00575. The maximum atomic E-state index is 12.5. The van der Waals surface area contributed by atoms with Gasteiger partial charge in [0.05, 0.1) is 31.1 Å². The lowest BCUT2D eigenvalue weighted by Crippen LogP contribution is -3.13. The van der Waals surface area contributed by atoms with E-state index in [-0.39, 0.29) is 23.8 Å². The molecule has 7 heteroatoms. The van der Waals surface area contributed by atoms with Gasteiger partial charge < -0.3 is 9.80 Å². The number of quaternary nitrogens is 1. The Hall–Kier alpha value is -2.22. The highest BCUT2D eigenvalue weighted by molar-refractivity contribution is 7.89. The van der Waals surface area contributed by atoms with Crippen LogP contribution in [0, 0.1) is 13.8 Å². The van der Waals surface area contributed by atoms with E-state index in [4.69, 9.17) is 0 Å². The first kappa shape index (κ1) is 21.5. The van der Waals surface area contributed by atoms with Gasteiger partial charge in [0, 0.05) is 18.5 Å². The monoisotopic (exact) mass is 416 g/mol. The molecule has 0 aromatic heterocycles. The SMILES string of the molecule is Cc1ccc(S(=O)(=O)NCCC(=O)N2CC[NH+](Cc3cccc(C)c3)CC2)cc1. The van der Waals surface area contributed by atoms with Crippen molar-refractivity contribution in [2.45, 2.75) is 31.7 Å². The first-order valence-corrected chi connectivity index (χ1v) is 11.5. The summed E-state index contributed by atoms with van der Waals surface area (Å²) in [5.41, 5.74) is 3.59. The summed E-state index contributed by atoms with van der Waals surface area (Å²) in [6.07, 6.45) is 0.179. The molecule has 0 spiro atoms. The fraction of sp³-hybridized carbons (Fsp3) is 0.409. The van der Waals surface area contributed by atoms with Crippen LogP contribution < -0.4 is 9.62 Å². The Kier molecular flexibility index (Phi) is 7.05. The molecule has 0 unspecified atom stereocenters. The highest BCUT2D eigenvalue weighted by Gasteiger charge is 2.24. The number of hydrogen-bond acceptors (Lipinski definition) is 3. The van der Waals surface area contributed by atoms with Gasteiger partial charge in [-0.25, -0.2) is 13.1 Å². The van der Waals surface area contributed by atoms with Gasteiger partial charge in [0.1, 0.15) is 6.54 Å². The van der Waals surface area contributed by atoms with Gasteiger partial charge in [-0.2, -0.15) is 0 Å². The molecule has 3 rings (SSSR count). The van der Waals surface area contributed by atoms with Crippen molar-refractivity contribution < 1.29 is 18.1 Å². The predicted molar refractivity (Wildman–Crippen MR) is 113 cm³/mol. The van der Waals surface area contributed by atoms with Crippen molar-refractivity contribution in [3.05, 3.63) is 65.2 Å². The van der Waals surface area contributed by atoms with Gasteiger partial charge >= 0.3 is 0 Å². The molecule has 0 saturated carbocycles. The van der Waals surface area contributed by atoms with E-state index < -0.39 is 10.0 Å². The molecule has 2 aromatic rings. The van der Waals surface area contributed by atoms with Crippen molar-refractivity contribution in [1.29, 1.82) is 0 Å². The molecular weight excluding hydrogens is 386 g/mol. The molecule has 1 aliphatic heterocycles. The molecule has 156 valence electrons. The normalized spacial score (nSPS) is 15.4. The maximum absolute atomic E-state index is 12.5. The third-order valence-corrected chi connectivity index (χ3v) is 6.80. The number of hydrogen-bond donors (Lipinski definition) is 2. The zero-order valence-corrected chi connectivity index (χ0v) is 18.0. The van der Waals surface area contributed by atoms with Crippen LogP contribution in [0.5, 0.6) is 0 Å². The Morgan fingerprint density at radius 1 is 1.03 bits per heavy atom. The Bertz CT molecular complexity index is 934. The van der Waals surface area contributed by atoms with E-state index in [9.17, 15) is 13.2 Å². The lowest BCUT2D eigenvalue weighted by atomic mass is 10.1. The molecule has 1 heterocycles. The highest BCUT2D eigenvalue weighted by Crippen LogP contribution is 2.10. The largest absolute Gasteiger partial charge is 0.331 e. The minimum absolute atomic E-state index is 0.00575. The molecule has 1 fully saturated rings. The van der Waals surface area contributed by atoms with Gasteiger partial charge in [0.15, 0.2) is 0 Å². The maximum Gasteiger partial charge on any atom is 0.240 e. The number of carbonyl (C=O) groups excluding carboxylic acids is 1. The van der Waals surface area contributed by atoms with Gasteiger partial charge in [-0.05, 0) is 26.0 Å². The van der Waals surface area contributed by atoms with Crippen molar-refractivity contribution in [2.75, 3.05) is 32.7 Å². The summed E-state index contributed by atoms with van der Waals surface area (Å²) in [6.45, 7) is 8.34. The van der Waals surface area contributed by atoms with Crippen LogP contribution in [0.25, 0.3) is 0 Å². The number of nitrogens with zero attached hydrogens (tertiary/aromatic N) is 1. The van der Waals surface area contributed by atoms with Crippen molar-refractivity contribution in [1.82, 2.24) is 9.62 Å². The van der Waals surface area contributed by atoms with Gasteiger partial charge in [-0.3, -0.25) is 4.79 Å². The van der Waals surface area contributed by atoms with Gasteiger partial charge in [-0.15, -0.1) is 0 Å². The number of piperazine rings is 1. The molecule has 2 aromatic carbocycles. The van der Waals surface area contributed by atoms with Gasteiger partial charge in [0.2, 0.25) is 15.9 Å². The summed E-state index contributed by atoms with van der Waals surface area (Å²) in [5, 5.41) is 0. The number of sulfonamides is 1. The number of amides is 1. The van der Waals surface area contributed by atoms with Crippen molar-refractivity contribution in [3.63, 3.8) is 0 Å². The second-order valence-corrected chi connectivity index (χ2v) is 9.52. The van der Waals surface area contributed by atoms with E-state index in [1.807, 2.05) is 11.8 Å². The Balaban J connectivity index is 1.42. The lowest BCUT2D eigenvalue weighted by Gasteiger charge is -2.32. The Morgan fingerprint density at radius 3 is 2.38 bits per heavy atom. The quantitative estimate of drug-likeness (QED) is 0.705. The molecule has 1 amide bonds. The minimum atomic E-state index is -3.58. The summed E-state index contributed by atoms with van der Waals surface area (Å²) in [4.78, 5) is 16.0. The van der Waals surface area contributed by atoms with Crippen molar-refractivity contribution >= 4 is 15.9 Å². The Morgan fingerprint density at radius 2 is 1.72 bits per heavy atom. The summed E-state index contributed by atoms with van der Waals surface area (Å²) >= 11 is 0. The first-order chi connectivity index (χ1) is 13.8. The standard InChI is InChI=1S/C22H29N3O3S/c1-18-6-8-21(9-7-18)29(27,28)23-11-10-22(26)25-14-12-24(13-15-25)17-20-5-3-4-19(2)16-20/h3-9,16,23H,10-15,17H2,1-2H3/p+1. The average molecular weight is 417 g/mol. The number of aryl methyl sites for hydroxylation is 2. The van der Waals surface area contributed by atoms with Crippen LogP contribution in [0.4, 0.5) is 0 Å². The van der Waals surface area contributed by atoms with E-state index in [0.29, 0.717) is 13.1 Å². The number of rotatable bonds is 7.